The van der Waals surface area contributed by atoms with Crippen LogP contribution in [0.3, 0.4) is 0 Å². The summed E-state index contributed by atoms with van der Waals surface area (Å²) in [4.78, 5) is 12.5. The summed E-state index contributed by atoms with van der Waals surface area (Å²) < 4.78 is 23.4. The Hall–Kier alpha value is -2.67. The third-order valence-electron chi connectivity index (χ3n) is 5.77. The number of benzene rings is 2. The Kier molecular flexibility index (Phi) is 9.48. The topological polar surface area (TPSA) is 74.2 Å². The molecule has 1 aliphatic heterocycles. The van der Waals surface area contributed by atoms with Gasteiger partial charge in [0.15, 0.2) is 12.1 Å². The average molecular weight is 455 g/mol. The van der Waals surface area contributed by atoms with E-state index in [1.165, 1.54) is 0 Å². The monoisotopic (exact) mass is 454 g/mol. The van der Waals surface area contributed by atoms with Gasteiger partial charge in [-0.3, -0.25) is 4.79 Å². The van der Waals surface area contributed by atoms with Gasteiger partial charge in [-0.1, -0.05) is 43.3 Å². The molecule has 1 fully saturated rings. The van der Waals surface area contributed by atoms with Crippen molar-refractivity contribution in [1.29, 1.82) is 0 Å². The molecule has 1 N–H and O–H groups in total. The zero-order valence-corrected chi connectivity index (χ0v) is 19.6. The van der Waals surface area contributed by atoms with Crippen molar-refractivity contribution in [2.75, 3.05) is 13.7 Å². The van der Waals surface area contributed by atoms with Crippen molar-refractivity contribution >= 4 is 5.78 Å². The molecule has 0 aromatic heterocycles. The molecule has 1 heterocycles. The Balaban J connectivity index is 1.59. The van der Waals surface area contributed by atoms with Crippen molar-refractivity contribution < 1.29 is 28.8 Å². The van der Waals surface area contributed by atoms with Crippen LogP contribution in [-0.2, 0) is 14.3 Å². The molecule has 0 aliphatic carbocycles. The SMILES string of the molecule is COc1ccc(OCC[C@@H]2C[C@H](CC(=O)/C=C/[C@H](C)[C@@H](C)O)O[C@H](c3ccccc3)O2)cc1. The molecular formula is C27H34O6. The predicted molar refractivity (Wildman–Crippen MR) is 126 cm³/mol. The molecule has 33 heavy (non-hydrogen) atoms. The summed E-state index contributed by atoms with van der Waals surface area (Å²) in [5.74, 6) is 1.45. The summed E-state index contributed by atoms with van der Waals surface area (Å²) in [6.45, 7) is 4.08. The summed E-state index contributed by atoms with van der Waals surface area (Å²) in [7, 11) is 1.63. The first-order valence-corrected chi connectivity index (χ1v) is 11.5. The lowest BCUT2D eigenvalue weighted by atomic mass is 10.0. The lowest BCUT2D eigenvalue weighted by Crippen LogP contribution is -2.35. The van der Waals surface area contributed by atoms with E-state index in [0.717, 1.165) is 17.1 Å². The van der Waals surface area contributed by atoms with Gasteiger partial charge in [0.05, 0.1) is 32.0 Å². The van der Waals surface area contributed by atoms with Crippen LogP contribution in [0, 0.1) is 5.92 Å². The van der Waals surface area contributed by atoms with Crippen LogP contribution in [0.25, 0.3) is 0 Å². The average Bonchev–Trinajstić information content (AvgIpc) is 2.83. The van der Waals surface area contributed by atoms with Crippen LogP contribution >= 0.6 is 0 Å². The number of hydrogen-bond donors (Lipinski definition) is 1. The number of carbonyl (C=O) groups is 1. The highest BCUT2D eigenvalue weighted by Crippen LogP contribution is 2.32. The largest absolute Gasteiger partial charge is 0.497 e. The zero-order valence-electron chi connectivity index (χ0n) is 19.6. The molecule has 0 bridgehead atoms. The van der Waals surface area contributed by atoms with E-state index in [4.69, 9.17) is 18.9 Å². The molecule has 0 saturated carbocycles. The summed E-state index contributed by atoms with van der Waals surface area (Å²) in [6.07, 6.45) is 3.49. The van der Waals surface area contributed by atoms with Crippen LogP contribution in [-0.4, -0.2) is 42.9 Å². The minimum absolute atomic E-state index is 0.0190. The van der Waals surface area contributed by atoms with Gasteiger partial charge >= 0.3 is 0 Å². The third-order valence-corrected chi connectivity index (χ3v) is 5.77. The number of rotatable bonds is 11. The van der Waals surface area contributed by atoms with Crippen molar-refractivity contribution in [2.45, 2.75) is 57.7 Å². The zero-order chi connectivity index (χ0) is 23.6. The van der Waals surface area contributed by atoms with Crippen molar-refractivity contribution in [2.24, 2.45) is 5.92 Å². The van der Waals surface area contributed by atoms with Crippen molar-refractivity contribution in [3.63, 3.8) is 0 Å². The van der Waals surface area contributed by atoms with E-state index in [9.17, 15) is 9.90 Å². The van der Waals surface area contributed by atoms with Crippen LogP contribution in [0.4, 0.5) is 0 Å². The molecule has 178 valence electrons. The molecule has 1 saturated heterocycles. The van der Waals surface area contributed by atoms with E-state index < -0.39 is 12.4 Å². The molecule has 2 aromatic carbocycles. The van der Waals surface area contributed by atoms with Crippen molar-refractivity contribution in [3.8, 4) is 11.5 Å². The van der Waals surface area contributed by atoms with Gasteiger partial charge in [-0.2, -0.15) is 0 Å². The molecule has 0 spiro atoms. The van der Waals surface area contributed by atoms with Gasteiger partial charge in [0, 0.05) is 30.7 Å². The number of ether oxygens (including phenoxy) is 4. The van der Waals surface area contributed by atoms with Gasteiger partial charge < -0.3 is 24.1 Å². The lowest BCUT2D eigenvalue weighted by Gasteiger charge is -2.35. The van der Waals surface area contributed by atoms with Gasteiger partial charge in [0.25, 0.3) is 0 Å². The van der Waals surface area contributed by atoms with Gasteiger partial charge in [0.2, 0.25) is 0 Å². The fourth-order valence-corrected chi connectivity index (χ4v) is 3.56. The maximum Gasteiger partial charge on any atom is 0.184 e. The minimum atomic E-state index is -0.524. The Bertz CT molecular complexity index is 877. The van der Waals surface area contributed by atoms with Gasteiger partial charge in [-0.15, -0.1) is 0 Å². The molecule has 0 amide bonds. The van der Waals surface area contributed by atoms with E-state index in [1.54, 1.807) is 26.2 Å². The standard InChI is InChI=1S/C27H34O6/c1-19(20(2)28)9-10-22(29)17-26-18-25(32-27(33-26)21-7-5-4-6-8-21)15-16-31-24-13-11-23(30-3)12-14-24/h4-14,19-20,25-28H,15-18H2,1-3H3/b10-9+/t19-,20+,25+,26-,27+/m0/s1. The van der Waals surface area contributed by atoms with E-state index in [2.05, 4.69) is 0 Å². The molecule has 5 atom stereocenters. The maximum atomic E-state index is 12.5. The van der Waals surface area contributed by atoms with Gasteiger partial charge in [-0.05, 0) is 37.3 Å². The number of ketones is 1. The second-order valence-electron chi connectivity index (χ2n) is 8.44. The molecule has 6 heteroatoms. The van der Waals surface area contributed by atoms with Crippen LogP contribution in [0.5, 0.6) is 11.5 Å². The first-order chi connectivity index (χ1) is 15.9. The Morgan fingerprint density at radius 3 is 2.39 bits per heavy atom. The highest BCUT2D eigenvalue weighted by atomic mass is 16.7. The fraction of sp³-hybridized carbons (Fsp3) is 0.444. The molecular weight excluding hydrogens is 420 g/mol. The fourth-order valence-electron chi connectivity index (χ4n) is 3.56. The molecule has 3 rings (SSSR count). The highest BCUT2D eigenvalue weighted by Gasteiger charge is 2.32. The Labute approximate surface area is 196 Å². The van der Waals surface area contributed by atoms with E-state index in [-0.39, 0.29) is 30.3 Å². The number of hydrogen-bond acceptors (Lipinski definition) is 6. The first kappa shape index (κ1) is 25.0. The van der Waals surface area contributed by atoms with E-state index in [0.29, 0.717) is 19.4 Å². The third kappa shape index (κ3) is 8.00. The number of carbonyl (C=O) groups excluding carboxylic acids is 1. The van der Waals surface area contributed by atoms with E-state index in [1.807, 2.05) is 61.5 Å². The summed E-state index contributed by atoms with van der Waals surface area (Å²) in [6, 6.07) is 17.2. The van der Waals surface area contributed by atoms with Gasteiger partial charge in [-0.25, -0.2) is 0 Å². The normalized spacial score (nSPS) is 22.6. The number of aliphatic hydroxyl groups excluding tert-OH is 1. The smallest absolute Gasteiger partial charge is 0.184 e. The lowest BCUT2D eigenvalue weighted by molar-refractivity contribution is -0.249. The highest BCUT2D eigenvalue weighted by molar-refractivity contribution is 5.90. The predicted octanol–water partition coefficient (Wildman–Crippen LogP) is 4.87. The Morgan fingerprint density at radius 2 is 1.73 bits per heavy atom. The minimum Gasteiger partial charge on any atom is -0.497 e. The summed E-state index contributed by atoms with van der Waals surface area (Å²) in [5, 5.41) is 9.62. The number of methoxy groups -OCH3 is 1. The van der Waals surface area contributed by atoms with Crippen LogP contribution < -0.4 is 9.47 Å². The van der Waals surface area contributed by atoms with Crippen LogP contribution in [0.15, 0.2) is 66.7 Å². The van der Waals surface area contributed by atoms with Crippen LogP contribution in [0.1, 0.15) is 45.0 Å². The van der Waals surface area contributed by atoms with Crippen molar-refractivity contribution in [1.82, 2.24) is 0 Å². The first-order valence-electron chi connectivity index (χ1n) is 11.5. The van der Waals surface area contributed by atoms with Crippen molar-refractivity contribution in [3.05, 3.63) is 72.3 Å². The number of allylic oxidation sites excluding steroid dienone is 1. The maximum absolute atomic E-state index is 12.5. The summed E-state index contributed by atoms with van der Waals surface area (Å²) >= 11 is 0. The summed E-state index contributed by atoms with van der Waals surface area (Å²) in [5.41, 5.74) is 0.925. The molecule has 0 unspecified atom stereocenters. The molecule has 6 nitrogen and oxygen atoms in total. The van der Waals surface area contributed by atoms with Gasteiger partial charge in [0.1, 0.15) is 11.5 Å². The van der Waals surface area contributed by atoms with E-state index >= 15 is 0 Å². The second kappa shape index (κ2) is 12.5. The molecule has 2 aromatic rings. The number of aliphatic hydroxyl groups is 1. The molecule has 0 radical (unpaired) electrons. The Morgan fingerprint density at radius 1 is 1.06 bits per heavy atom. The molecule has 1 aliphatic rings. The quantitative estimate of drug-likeness (QED) is 0.489. The van der Waals surface area contributed by atoms with Crippen LogP contribution in [0.2, 0.25) is 0 Å². The second-order valence-corrected chi connectivity index (χ2v) is 8.44.